The number of benzene rings is 1. The van der Waals surface area contributed by atoms with Crippen LogP contribution in [0.4, 0.5) is 28.7 Å². The molecule has 4 aromatic heterocycles. The molecule has 4 fully saturated rings. The number of anilines is 5. The number of piperazine rings is 1. The van der Waals surface area contributed by atoms with E-state index in [0.717, 1.165) is 87.5 Å². The predicted molar refractivity (Wildman–Crippen MR) is 283 cm³/mol. The maximum Gasteiger partial charge on any atom is 0.276 e. The highest BCUT2D eigenvalue weighted by Crippen LogP contribution is 2.47. The van der Waals surface area contributed by atoms with Crippen LogP contribution in [0, 0.1) is 10.8 Å². The summed E-state index contributed by atoms with van der Waals surface area (Å²) in [6.07, 6.45) is 14.2. The highest BCUT2D eigenvalue weighted by atomic mass is 16.3. The van der Waals surface area contributed by atoms with Crippen LogP contribution in [0.1, 0.15) is 120 Å². The Morgan fingerprint density at radius 1 is 0.787 bits per heavy atom. The van der Waals surface area contributed by atoms with Crippen LogP contribution in [0.5, 0.6) is 0 Å². The van der Waals surface area contributed by atoms with Crippen molar-refractivity contribution in [2.45, 2.75) is 116 Å². The number of aryl methyl sites for hydroxylation is 1. The number of imide groups is 2. The fourth-order valence-corrected chi connectivity index (χ4v) is 13.6. The van der Waals surface area contributed by atoms with Gasteiger partial charge in [0.05, 0.1) is 29.6 Å². The molecule has 3 N–H and O–H groups in total. The summed E-state index contributed by atoms with van der Waals surface area (Å²) in [4.78, 5) is 98.2. The lowest BCUT2D eigenvalue weighted by Gasteiger charge is -2.50. The van der Waals surface area contributed by atoms with Crippen LogP contribution < -0.4 is 30.9 Å². The number of amides is 5. The molecule has 9 heterocycles. The maximum atomic E-state index is 14.0. The molecule has 7 aliphatic rings. The van der Waals surface area contributed by atoms with Crippen molar-refractivity contribution in [3.05, 3.63) is 111 Å². The van der Waals surface area contributed by atoms with Gasteiger partial charge in [0, 0.05) is 106 Å². The van der Waals surface area contributed by atoms with Crippen molar-refractivity contribution in [1.29, 1.82) is 0 Å². The largest absolute Gasteiger partial charge is 0.392 e. The Hall–Kier alpha value is -7.18. The Morgan fingerprint density at radius 2 is 1.56 bits per heavy atom. The molecule has 18 nitrogen and oxygen atoms in total. The van der Waals surface area contributed by atoms with Crippen molar-refractivity contribution < 1.29 is 29.1 Å². The van der Waals surface area contributed by atoms with E-state index in [-0.39, 0.29) is 42.4 Å². The highest BCUT2D eigenvalue weighted by molar-refractivity contribution is 6.23. The molecule has 18 heteroatoms. The molecule has 0 radical (unpaired) electrons. The molecule has 2 atom stereocenters. The summed E-state index contributed by atoms with van der Waals surface area (Å²) in [5.74, 6) is -1.12. The standard InChI is InChI=1S/C57H65N11O7/c1-34-31-64(37-11-14-57(15-12-37)16-19-63(20-17-57)38-5-7-41-42(27-38)53(73)68(52(41)72)45-8-10-49(70)61-51(45)71)21-22-65(34)39-6-9-48(59-30-39)60-44-25-36(32-62(4)54(44)74)40-13-18-58-50(43(40)33-69)67-24-23-66-46(55(67)75)26-35-28-56(2,3)29-47(35)66/h5-7,9,13,18,25-27,30,32,34,37,45,69H,8,10-12,14-17,19-24,28-29,31,33H2,1-4H3,(H,59,60)(H,61,70,71)/t34-,45?/m0/s1. The number of hydrogen-bond donors (Lipinski definition) is 3. The first-order valence-electron chi connectivity index (χ1n) is 26.7. The molecule has 390 valence electrons. The van der Waals surface area contributed by atoms with Crippen LogP contribution in [0.25, 0.3) is 11.1 Å². The summed E-state index contributed by atoms with van der Waals surface area (Å²) in [5.41, 5.74) is 8.19. The Morgan fingerprint density at radius 3 is 2.29 bits per heavy atom. The summed E-state index contributed by atoms with van der Waals surface area (Å²) in [5, 5.41) is 16.4. The van der Waals surface area contributed by atoms with Gasteiger partial charge in [-0.25, -0.2) is 9.97 Å². The van der Waals surface area contributed by atoms with Crippen LogP contribution >= 0.6 is 0 Å². The van der Waals surface area contributed by atoms with Crippen molar-refractivity contribution in [1.82, 2.24) is 34.2 Å². The normalized spacial score (nSPS) is 22.7. The van der Waals surface area contributed by atoms with E-state index in [9.17, 15) is 33.9 Å². The molecule has 2 aliphatic carbocycles. The molecular formula is C57H65N11O7. The van der Waals surface area contributed by atoms with E-state index in [1.807, 2.05) is 30.5 Å². The fraction of sp³-hybridized carbons (Fsp3) is 0.474. The number of nitrogens with one attached hydrogen (secondary N) is 2. The Balaban J connectivity index is 0.649. The average molecular weight is 1020 g/mol. The van der Waals surface area contributed by atoms with Gasteiger partial charge in [-0.15, -0.1) is 0 Å². The summed E-state index contributed by atoms with van der Waals surface area (Å²) in [7, 11) is 1.70. The number of rotatable bonds is 9. The zero-order valence-electron chi connectivity index (χ0n) is 43.2. The zero-order chi connectivity index (χ0) is 52.1. The van der Waals surface area contributed by atoms with Gasteiger partial charge in [-0.1, -0.05) is 13.8 Å². The number of aromatic nitrogens is 4. The number of carbonyl (C=O) groups is 5. The summed E-state index contributed by atoms with van der Waals surface area (Å²) in [6.45, 7) is 12.1. The summed E-state index contributed by atoms with van der Waals surface area (Å²) < 4.78 is 3.68. The first kappa shape index (κ1) is 48.7. The van der Waals surface area contributed by atoms with Crippen molar-refractivity contribution in [2.75, 3.05) is 59.3 Å². The Labute approximate surface area is 435 Å². The third-order valence-electron chi connectivity index (χ3n) is 17.7. The predicted octanol–water partition coefficient (Wildman–Crippen LogP) is 5.81. The van der Waals surface area contributed by atoms with Crippen LogP contribution in [0.2, 0.25) is 0 Å². The second-order valence-electron chi connectivity index (χ2n) is 23.0. The van der Waals surface area contributed by atoms with E-state index >= 15 is 0 Å². The third-order valence-corrected chi connectivity index (χ3v) is 17.7. The van der Waals surface area contributed by atoms with E-state index in [4.69, 9.17) is 4.98 Å². The number of fused-ring (bicyclic) bond motifs is 4. The minimum Gasteiger partial charge on any atom is -0.392 e. The van der Waals surface area contributed by atoms with E-state index in [0.29, 0.717) is 75.4 Å². The van der Waals surface area contributed by atoms with Gasteiger partial charge in [0.15, 0.2) is 0 Å². The van der Waals surface area contributed by atoms with Crippen LogP contribution in [-0.4, -0.2) is 121 Å². The van der Waals surface area contributed by atoms with Gasteiger partial charge in [-0.3, -0.25) is 48.8 Å². The molecule has 1 aromatic carbocycles. The molecule has 75 heavy (non-hydrogen) atoms. The van der Waals surface area contributed by atoms with Gasteiger partial charge >= 0.3 is 0 Å². The summed E-state index contributed by atoms with van der Waals surface area (Å²) >= 11 is 0. The Kier molecular flexibility index (Phi) is 12.1. The van der Waals surface area contributed by atoms with E-state index < -0.39 is 29.7 Å². The van der Waals surface area contributed by atoms with Crippen LogP contribution in [0.3, 0.4) is 0 Å². The minimum absolute atomic E-state index is 0.0907. The number of hydrogen-bond acceptors (Lipinski definition) is 13. The molecule has 1 saturated carbocycles. The number of carbonyl (C=O) groups excluding carboxylic acids is 5. The Bertz CT molecular complexity index is 3230. The zero-order valence-corrected chi connectivity index (χ0v) is 43.2. The first-order chi connectivity index (χ1) is 36.1. The molecule has 1 spiro atoms. The van der Waals surface area contributed by atoms with Crippen molar-refractivity contribution >= 4 is 58.2 Å². The average Bonchev–Trinajstić information content (AvgIpc) is 3.99. The van der Waals surface area contributed by atoms with Crippen molar-refractivity contribution in [3.63, 3.8) is 0 Å². The fourth-order valence-electron chi connectivity index (χ4n) is 13.6. The molecular weight excluding hydrogens is 951 g/mol. The smallest absolute Gasteiger partial charge is 0.276 e. The maximum absolute atomic E-state index is 14.0. The molecule has 3 saturated heterocycles. The third kappa shape index (κ3) is 8.59. The molecule has 5 aromatic rings. The van der Waals surface area contributed by atoms with Crippen LogP contribution in [0.15, 0.2) is 71.9 Å². The second-order valence-corrected chi connectivity index (χ2v) is 23.0. The summed E-state index contributed by atoms with van der Waals surface area (Å²) in [6, 6.07) is 14.9. The van der Waals surface area contributed by atoms with E-state index in [1.54, 1.807) is 42.5 Å². The number of piperidine rings is 2. The monoisotopic (exact) mass is 1020 g/mol. The van der Waals surface area contributed by atoms with Gasteiger partial charge in [0.1, 0.15) is 29.1 Å². The lowest BCUT2D eigenvalue weighted by Crippen LogP contribution is -2.56. The van der Waals surface area contributed by atoms with Crippen LogP contribution in [-0.2, 0) is 42.6 Å². The second kappa shape index (κ2) is 18.6. The molecule has 12 rings (SSSR count). The van der Waals surface area contributed by atoms with Gasteiger partial charge in [-0.2, -0.15) is 0 Å². The molecule has 1 unspecified atom stereocenters. The first-order valence-corrected chi connectivity index (χ1v) is 26.7. The van der Waals surface area contributed by atoms with Gasteiger partial charge in [-0.05, 0) is 135 Å². The number of aliphatic hydroxyl groups is 1. The molecule has 0 bridgehead atoms. The van der Waals surface area contributed by atoms with Crippen molar-refractivity contribution in [3.8, 4) is 11.1 Å². The van der Waals surface area contributed by atoms with Gasteiger partial charge in [0.25, 0.3) is 23.3 Å². The van der Waals surface area contributed by atoms with Gasteiger partial charge in [0.2, 0.25) is 11.8 Å². The lowest BCUT2D eigenvalue weighted by atomic mass is 9.66. The molecule has 5 aliphatic heterocycles. The minimum atomic E-state index is -0.977. The lowest BCUT2D eigenvalue weighted by molar-refractivity contribution is -0.136. The molecule has 5 amide bonds. The topological polar surface area (TPSA) is 199 Å². The van der Waals surface area contributed by atoms with Gasteiger partial charge < -0.3 is 29.4 Å². The number of nitrogens with zero attached hydrogens (tertiary/aromatic N) is 9. The number of aliphatic hydroxyl groups excluding tert-OH is 1. The number of pyridine rings is 3. The van der Waals surface area contributed by atoms with Crippen molar-refractivity contribution in [2.24, 2.45) is 17.9 Å². The van der Waals surface area contributed by atoms with E-state index in [1.165, 1.54) is 28.7 Å². The SMILES string of the molecule is C[C@H]1CN(C2CCC3(CC2)CCN(c2ccc4c(c2)C(=O)N(C2CCC(=O)NC2=O)C4=O)CC3)CCN1c1ccc(Nc2cc(-c3ccnc(N4CCn5c(cc6c5CC(C)(C)C6)C4=O)c3CO)cn(C)c2=O)nc1. The van der Waals surface area contributed by atoms with E-state index in [2.05, 4.69) is 61.7 Å². The highest BCUT2D eigenvalue weighted by Gasteiger charge is 2.46. The quantitative estimate of drug-likeness (QED) is 0.150.